The van der Waals surface area contributed by atoms with Crippen molar-refractivity contribution in [3.05, 3.63) is 40.0 Å². The van der Waals surface area contributed by atoms with Crippen LogP contribution in [-0.2, 0) is 4.74 Å². The molecule has 0 radical (unpaired) electrons. The second-order valence-corrected chi connectivity index (χ2v) is 5.43. The van der Waals surface area contributed by atoms with Crippen LogP contribution in [0.5, 0.6) is 0 Å². The molecule has 4 heteroatoms. The first-order chi connectivity index (χ1) is 9.47. The number of esters is 1. The standard InChI is InChI=1S/C16H18ClNO2/c1-5-20-16(19)11-8-18-13-7-6-12(17)10(4)15(13)14(11)9(2)3/h6-9H,5H2,1-4H3. The molecule has 0 N–H and O–H groups in total. The van der Waals surface area contributed by atoms with Gasteiger partial charge in [-0.2, -0.15) is 0 Å². The second kappa shape index (κ2) is 5.80. The quantitative estimate of drug-likeness (QED) is 0.782. The maximum Gasteiger partial charge on any atom is 0.340 e. The molecule has 0 fully saturated rings. The summed E-state index contributed by atoms with van der Waals surface area (Å²) >= 11 is 6.21. The Hall–Kier alpha value is -1.61. The summed E-state index contributed by atoms with van der Waals surface area (Å²) in [6.45, 7) is 8.20. The molecule has 0 aliphatic carbocycles. The topological polar surface area (TPSA) is 39.2 Å². The average molecular weight is 292 g/mol. The van der Waals surface area contributed by atoms with Gasteiger partial charge in [-0.25, -0.2) is 4.79 Å². The molecule has 3 nitrogen and oxygen atoms in total. The molecule has 0 saturated carbocycles. The summed E-state index contributed by atoms with van der Waals surface area (Å²) in [4.78, 5) is 16.5. The van der Waals surface area contributed by atoms with Crippen molar-refractivity contribution in [2.45, 2.75) is 33.6 Å². The molecule has 106 valence electrons. The van der Waals surface area contributed by atoms with Gasteiger partial charge >= 0.3 is 5.97 Å². The Balaban J connectivity index is 2.81. The predicted octanol–water partition coefficient (Wildman–Crippen LogP) is 4.50. The SMILES string of the molecule is CCOC(=O)c1cnc2ccc(Cl)c(C)c2c1C(C)C. The lowest BCUT2D eigenvalue weighted by molar-refractivity contribution is 0.0524. The van der Waals surface area contributed by atoms with Crippen LogP contribution in [0.3, 0.4) is 0 Å². The molecule has 1 heterocycles. The Morgan fingerprint density at radius 3 is 2.70 bits per heavy atom. The number of halogens is 1. The van der Waals surface area contributed by atoms with Crippen molar-refractivity contribution >= 4 is 28.5 Å². The Morgan fingerprint density at radius 2 is 2.10 bits per heavy atom. The third kappa shape index (κ3) is 2.50. The summed E-state index contributed by atoms with van der Waals surface area (Å²) in [7, 11) is 0. The van der Waals surface area contributed by atoms with Gasteiger partial charge < -0.3 is 4.74 Å². The highest BCUT2D eigenvalue weighted by Crippen LogP contribution is 2.33. The van der Waals surface area contributed by atoms with Crippen molar-refractivity contribution in [1.29, 1.82) is 0 Å². The minimum Gasteiger partial charge on any atom is -0.462 e. The highest BCUT2D eigenvalue weighted by Gasteiger charge is 2.20. The predicted molar refractivity (Wildman–Crippen MR) is 81.5 cm³/mol. The number of hydrogen-bond donors (Lipinski definition) is 0. The summed E-state index contributed by atoms with van der Waals surface area (Å²) in [5.41, 5.74) is 3.28. The summed E-state index contributed by atoms with van der Waals surface area (Å²) in [6.07, 6.45) is 1.60. The first-order valence-electron chi connectivity index (χ1n) is 6.72. The van der Waals surface area contributed by atoms with Gasteiger partial charge in [-0.3, -0.25) is 4.98 Å². The molecular weight excluding hydrogens is 274 g/mol. The average Bonchev–Trinajstić information content (AvgIpc) is 2.41. The number of pyridine rings is 1. The van der Waals surface area contributed by atoms with E-state index in [1.807, 2.05) is 19.1 Å². The number of ether oxygens (including phenoxy) is 1. The number of nitrogens with zero attached hydrogens (tertiary/aromatic N) is 1. The zero-order valence-corrected chi connectivity index (χ0v) is 12.9. The molecule has 0 aliphatic rings. The third-order valence-corrected chi connectivity index (χ3v) is 3.75. The van der Waals surface area contributed by atoms with E-state index in [0.29, 0.717) is 17.2 Å². The van der Waals surface area contributed by atoms with E-state index in [-0.39, 0.29) is 11.9 Å². The van der Waals surface area contributed by atoms with E-state index in [2.05, 4.69) is 18.8 Å². The van der Waals surface area contributed by atoms with E-state index in [4.69, 9.17) is 16.3 Å². The van der Waals surface area contributed by atoms with Crippen molar-refractivity contribution in [2.75, 3.05) is 6.61 Å². The monoisotopic (exact) mass is 291 g/mol. The van der Waals surface area contributed by atoms with Crippen LogP contribution in [0.25, 0.3) is 10.9 Å². The highest BCUT2D eigenvalue weighted by atomic mass is 35.5. The van der Waals surface area contributed by atoms with Gasteiger partial charge in [0.2, 0.25) is 0 Å². The molecular formula is C16H18ClNO2. The minimum absolute atomic E-state index is 0.178. The molecule has 0 atom stereocenters. The van der Waals surface area contributed by atoms with E-state index in [1.165, 1.54) is 0 Å². The van der Waals surface area contributed by atoms with Crippen LogP contribution in [0.1, 0.15) is 48.2 Å². The highest BCUT2D eigenvalue weighted by molar-refractivity contribution is 6.32. The first-order valence-corrected chi connectivity index (χ1v) is 7.10. The summed E-state index contributed by atoms with van der Waals surface area (Å²) in [5, 5.41) is 1.64. The number of benzene rings is 1. The lowest BCUT2D eigenvalue weighted by Crippen LogP contribution is -2.11. The maximum absolute atomic E-state index is 12.1. The summed E-state index contributed by atoms with van der Waals surface area (Å²) in [5.74, 6) is -0.151. The number of fused-ring (bicyclic) bond motifs is 1. The van der Waals surface area contributed by atoms with Gasteiger partial charge in [0.05, 0.1) is 17.7 Å². The van der Waals surface area contributed by atoms with Crippen molar-refractivity contribution in [1.82, 2.24) is 4.98 Å². The van der Waals surface area contributed by atoms with E-state index < -0.39 is 0 Å². The first kappa shape index (κ1) is 14.8. The number of aryl methyl sites for hydroxylation is 1. The van der Waals surface area contributed by atoms with Crippen molar-refractivity contribution in [3.63, 3.8) is 0 Å². The fraction of sp³-hybridized carbons (Fsp3) is 0.375. The van der Waals surface area contributed by atoms with Crippen molar-refractivity contribution in [2.24, 2.45) is 0 Å². The lowest BCUT2D eigenvalue weighted by atomic mass is 9.92. The van der Waals surface area contributed by atoms with Crippen LogP contribution in [0.2, 0.25) is 5.02 Å². The molecule has 2 aromatic rings. The van der Waals surface area contributed by atoms with E-state index in [9.17, 15) is 4.79 Å². The Labute approximate surface area is 123 Å². The number of carbonyl (C=O) groups excluding carboxylic acids is 1. The third-order valence-electron chi connectivity index (χ3n) is 3.34. The molecule has 0 unspecified atom stereocenters. The van der Waals surface area contributed by atoms with Gasteiger partial charge in [-0.05, 0) is 43.0 Å². The Kier molecular flexibility index (Phi) is 4.29. The second-order valence-electron chi connectivity index (χ2n) is 5.03. The Morgan fingerprint density at radius 1 is 1.40 bits per heavy atom. The van der Waals surface area contributed by atoms with Crippen LogP contribution >= 0.6 is 11.6 Å². The molecule has 0 bridgehead atoms. The normalized spacial score (nSPS) is 11.1. The number of rotatable bonds is 3. The van der Waals surface area contributed by atoms with Crippen LogP contribution < -0.4 is 0 Å². The molecule has 0 saturated heterocycles. The van der Waals surface area contributed by atoms with Gasteiger partial charge in [-0.15, -0.1) is 0 Å². The summed E-state index contributed by atoms with van der Waals surface area (Å²) in [6, 6.07) is 3.71. The van der Waals surface area contributed by atoms with Gasteiger partial charge in [0.15, 0.2) is 0 Å². The number of aromatic nitrogens is 1. The van der Waals surface area contributed by atoms with Crippen LogP contribution in [0.4, 0.5) is 0 Å². The van der Waals surface area contributed by atoms with Crippen LogP contribution in [0, 0.1) is 6.92 Å². The summed E-state index contributed by atoms with van der Waals surface area (Å²) < 4.78 is 5.13. The van der Waals surface area contributed by atoms with Crippen LogP contribution in [0.15, 0.2) is 18.3 Å². The fourth-order valence-electron chi connectivity index (χ4n) is 2.43. The molecule has 0 spiro atoms. The zero-order valence-electron chi connectivity index (χ0n) is 12.2. The molecule has 0 amide bonds. The molecule has 2 rings (SSSR count). The Bertz CT molecular complexity index is 665. The maximum atomic E-state index is 12.1. The smallest absolute Gasteiger partial charge is 0.340 e. The zero-order chi connectivity index (χ0) is 14.9. The molecule has 0 aliphatic heterocycles. The van der Waals surface area contributed by atoms with Crippen molar-refractivity contribution in [3.8, 4) is 0 Å². The van der Waals surface area contributed by atoms with E-state index >= 15 is 0 Å². The minimum atomic E-state index is -0.329. The van der Waals surface area contributed by atoms with Gasteiger partial charge in [0.25, 0.3) is 0 Å². The van der Waals surface area contributed by atoms with Crippen LogP contribution in [-0.4, -0.2) is 17.6 Å². The van der Waals surface area contributed by atoms with E-state index in [1.54, 1.807) is 13.1 Å². The molecule has 1 aromatic heterocycles. The van der Waals surface area contributed by atoms with Gasteiger partial charge in [0, 0.05) is 16.6 Å². The molecule has 1 aromatic carbocycles. The molecule has 20 heavy (non-hydrogen) atoms. The largest absolute Gasteiger partial charge is 0.462 e. The van der Waals surface area contributed by atoms with E-state index in [0.717, 1.165) is 22.0 Å². The number of carbonyl (C=O) groups is 1. The number of hydrogen-bond acceptors (Lipinski definition) is 3. The van der Waals surface area contributed by atoms with Gasteiger partial charge in [-0.1, -0.05) is 25.4 Å². The fourth-order valence-corrected chi connectivity index (χ4v) is 2.59. The lowest BCUT2D eigenvalue weighted by Gasteiger charge is -2.16. The van der Waals surface area contributed by atoms with Crippen molar-refractivity contribution < 1.29 is 9.53 Å². The van der Waals surface area contributed by atoms with Gasteiger partial charge in [0.1, 0.15) is 0 Å².